The number of benzene rings is 1. The molecule has 176 valence electrons. The second-order valence-corrected chi connectivity index (χ2v) is 9.43. The molecule has 1 aromatic rings. The van der Waals surface area contributed by atoms with Crippen molar-refractivity contribution in [1.29, 1.82) is 0 Å². The Morgan fingerprint density at radius 3 is 2.53 bits per heavy atom. The Morgan fingerprint density at radius 2 is 1.88 bits per heavy atom. The predicted octanol–water partition coefficient (Wildman–Crippen LogP) is 3.79. The Balaban J connectivity index is 1.56. The van der Waals surface area contributed by atoms with Gasteiger partial charge in [-0.2, -0.15) is 13.2 Å². The first-order chi connectivity index (χ1) is 15.1. The fraction of sp³-hybridized carbons (Fsp3) is 0.652. The fourth-order valence-corrected chi connectivity index (χ4v) is 5.60. The summed E-state index contributed by atoms with van der Waals surface area (Å²) in [6.07, 6.45) is 0.00441. The van der Waals surface area contributed by atoms with E-state index in [4.69, 9.17) is 0 Å². The topological polar surface area (TPSA) is 72.9 Å². The highest BCUT2D eigenvalue weighted by Gasteiger charge is 2.51. The molecule has 3 fully saturated rings. The number of nitrogens with zero attached hydrogens (tertiary/aromatic N) is 2. The minimum Gasteiger partial charge on any atom is -0.393 e. The first-order valence-electron chi connectivity index (χ1n) is 11.3. The molecular formula is C23H30F3N3O3. The lowest BCUT2D eigenvalue weighted by Gasteiger charge is -2.42. The van der Waals surface area contributed by atoms with Gasteiger partial charge in [-0.1, -0.05) is 0 Å². The second-order valence-electron chi connectivity index (χ2n) is 9.43. The van der Waals surface area contributed by atoms with E-state index >= 15 is 0 Å². The largest absolute Gasteiger partial charge is 0.418 e. The highest BCUT2D eigenvalue weighted by Crippen LogP contribution is 2.46. The van der Waals surface area contributed by atoms with E-state index in [-0.39, 0.29) is 36.0 Å². The molecule has 9 heteroatoms. The highest BCUT2D eigenvalue weighted by molar-refractivity contribution is 5.89. The van der Waals surface area contributed by atoms with Gasteiger partial charge in [0.1, 0.15) is 0 Å². The van der Waals surface area contributed by atoms with Crippen molar-refractivity contribution in [3.05, 3.63) is 23.8 Å². The fourth-order valence-electron chi connectivity index (χ4n) is 5.60. The number of piperidine rings is 1. The van der Waals surface area contributed by atoms with Gasteiger partial charge < -0.3 is 20.2 Å². The molecule has 1 aromatic carbocycles. The summed E-state index contributed by atoms with van der Waals surface area (Å²) in [5.41, 5.74) is -1.31. The number of aliphatic hydroxyl groups is 1. The van der Waals surface area contributed by atoms with Crippen molar-refractivity contribution in [3.63, 3.8) is 0 Å². The maximum atomic E-state index is 13.9. The van der Waals surface area contributed by atoms with Crippen molar-refractivity contribution in [2.75, 3.05) is 29.9 Å². The molecule has 0 radical (unpaired) electrons. The van der Waals surface area contributed by atoms with E-state index in [0.717, 1.165) is 18.9 Å². The molecular weight excluding hydrogens is 423 g/mol. The average Bonchev–Trinajstić information content (AvgIpc) is 3.03. The first kappa shape index (κ1) is 22.9. The van der Waals surface area contributed by atoms with Gasteiger partial charge in [0.05, 0.1) is 17.1 Å². The van der Waals surface area contributed by atoms with Gasteiger partial charge in [-0.25, -0.2) is 0 Å². The molecule has 2 aliphatic heterocycles. The van der Waals surface area contributed by atoms with Crippen LogP contribution < -0.4 is 10.2 Å². The summed E-state index contributed by atoms with van der Waals surface area (Å²) in [6.45, 7) is 2.59. The van der Waals surface area contributed by atoms with Crippen LogP contribution >= 0.6 is 0 Å². The number of hydrogen-bond donors (Lipinski definition) is 2. The standard InChI is InChI=1S/C23H30F3N3O3/c1-15(30)27-16-3-8-20(19(13-16)23(24,25)26)28-11-2-9-22(14-28)10-12-29(21(22)32)17-4-6-18(31)7-5-17/h3,8,13,17-18,31H,2,4-7,9-12,14H2,1H3,(H,27,30). The van der Waals surface area contributed by atoms with Gasteiger partial charge in [-0.3, -0.25) is 9.59 Å². The number of hydrogen-bond acceptors (Lipinski definition) is 4. The summed E-state index contributed by atoms with van der Waals surface area (Å²) < 4.78 is 41.6. The maximum Gasteiger partial charge on any atom is 0.418 e. The van der Waals surface area contributed by atoms with Crippen molar-refractivity contribution in [1.82, 2.24) is 4.90 Å². The number of anilines is 2. The monoisotopic (exact) mass is 453 g/mol. The summed E-state index contributed by atoms with van der Waals surface area (Å²) >= 11 is 0. The molecule has 1 saturated carbocycles. The van der Waals surface area contributed by atoms with E-state index in [0.29, 0.717) is 45.2 Å². The molecule has 2 N–H and O–H groups in total. The van der Waals surface area contributed by atoms with Crippen LogP contribution in [0, 0.1) is 5.41 Å². The van der Waals surface area contributed by atoms with E-state index in [9.17, 15) is 27.9 Å². The number of likely N-dealkylation sites (tertiary alicyclic amines) is 1. The van der Waals surface area contributed by atoms with Crippen molar-refractivity contribution in [3.8, 4) is 0 Å². The van der Waals surface area contributed by atoms with E-state index in [1.54, 1.807) is 4.90 Å². The second kappa shape index (κ2) is 8.57. The summed E-state index contributed by atoms with van der Waals surface area (Å²) in [5, 5.41) is 12.2. The van der Waals surface area contributed by atoms with Crippen molar-refractivity contribution >= 4 is 23.2 Å². The number of alkyl halides is 3. The van der Waals surface area contributed by atoms with Gasteiger partial charge in [0.2, 0.25) is 11.8 Å². The zero-order valence-corrected chi connectivity index (χ0v) is 18.2. The number of nitrogens with one attached hydrogen (secondary N) is 1. The molecule has 1 unspecified atom stereocenters. The number of aliphatic hydroxyl groups excluding tert-OH is 1. The van der Waals surface area contributed by atoms with Crippen LogP contribution in [0.5, 0.6) is 0 Å². The van der Waals surface area contributed by atoms with E-state index in [2.05, 4.69) is 5.32 Å². The van der Waals surface area contributed by atoms with Crippen LogP contribution in [0.25, 0.3) is 0 Å². The summed E-state index contributed by atoms with van der Waals surface area (Å²) in [4.78, 5) is 28.4. The van der Waals surface area contributed by atoms with E-state index in [1.807, 2.05) is 4.90 Å². The molecule has 2 amide bonds. The third-order valence-electron chi connectivity index (χ3n) is 7.19. The van der Waals surface area contributed by atoms with Crippen molar-refractivity contribution in [2.24, 2.45) is 5.41 Å². The number of carbonyl (C=O) groups excluding carboxylic acids is 2. The molecule has 0 aromatic heterocycles. The minimum atomic E-state index is -4.58. The Labute approximate surface area is 185 Å². The average molecular weight is 454 g/mol. The van der Waals surface area contributed by atoms with Crippen molar-refractivity contribution in [2.45, 2.75) is 70.2 Å². The molecule has 32 heavy (non-hydrogen) atoms. The molecule has 3 aliphatic rings. The first-order valence-corrected chi connectivity index (χ1v) is 11.3. The van der Waals surface area contributed by atoms with Crippen LogP contribution in [-0.2, 0) is 15.8 Å². The Morgan fingerprint density at radius 1 is 1.16 bits per heavy atom. The molecule has 1 aliphatic carbocycles. The Hall–Kier alpha value is -2.29. The smallest absolute Gasteiger partial charge is 0.393 e. The van der Waals surface area contributed by atoms with Crippen LogP contribution in [0.4, 0.5) is 24.5 Å². The van der Waals surface area contributed by atoms with Gasteiger partial charge >= 0.3 is 6.18 Å². The molecule has 4 rings (SSSR count). The van der Waals surface area contributed by atoms with Gasteiger partial charge in [0, 0.05) is 44.0 Å². The van der Waals surface area contributed by atoms with Crippen LogP contribution in [0.2, 0.25) is 0 Å². The Bertz CT molecular complexity index is 883. The van der Waals surface area contributed by atoms with Crippen LogP contribution in [0.1, 0.15) is 57.4 Å². The molecule has 2 heterocycles. The molecule has 0 bridgehead atoms. The summed E-state index contributed by atoms with van der Waals surface area (Å²) in [6, 6.07) is 3.95. The normalized spacial score (nSPS) is 29.0. The number of rotatable bonds is 3. The SMILES string of the molecule is CC(=O)Nc1ccc(N2CCCC3(CCN(C4CCC(O)CC4)C3=O)C2)c(C(F)(F)F)c1. The zero-order valence-electron chi connectivity index (χ0n) is 18.2. The van der Waals surface area contributed by atoms with E-state index in [1.165, 1.54) is 19.1 Å². The third kappa shape index (κ3) is 4.44. The zero-order chi connectivity index (χ0) is 23.1. The van der Waals surface area contributed by atoms with Crippen LogP contribution in [0.15, 0.2) is 18.2 Å². The molecule has 2 saturated heterocycles. The summed E-state index contributed by atoms with van der Waals surface area (Å²) in [7, 11) is 0. The van der Waals surface area contributed by atoms with Gasteiger partial charge in [-0.05, 0) is 63.1 Å². The van der Waals surface area contributed by atoms with E-state index < -0.39 is 23.1 Å². The predicted molar refractivity (Wildman–Crippen MR) is 114 cm³/mol. The van der Waals surface area contributed by atoms with Crippen LogP contribution in [0.3, 0.4) is 0 Å². The quantitative estimate of drug-likeness (QED) is 0.731. The third-order valence-corrected chi connectivity index (χ3v) is 7.19. The van der Waals surface area contributed by atoms with Gasteiger partial charge in [-0.15, -0.1) is 0 Å². The lowest BCUT2D eigenvalue weighted by atomic mass is 9.78. The lowest BCUT2D eigenvalue weighted by Crippen LogP contribution is -2.50. The number of amides is 2. The van der Waals surface area contributed by atoms with Gasteiger partial charge in [0.25, 0.3) is 0 Å². The summed E-state index contributed by atoms with van der Waals surface area (Å²) in [5.74, 6) is -0.387. The molecule has 1 atom stereocenters. The van der Waals surface area contributed by atoms with Gasteiger partial charge in [0.15, 0.2) is 0 Å². The highest BCUT2D eigenvalue weighted by atomic mass is 19.4. The number of carbonyl (C=O) groups is 2. The number of halogens is 3. The molecule has 6 nitrogen and oxygen atoms in total. The van der Waals surface area contributed by atoms with Crippen LogP contribution in [-0.4, -0.2) is 53.6 Å². The maximum absolute atomic E-state index is 13.9. The minimum absolute atomic E-state index is 0.0482. The Kier molecular flexibility index (Phi) is 6.13. The lowest BCUT2D eigenvalue weighted by molar-refractivity contribution is -0.139. The van der Waals surface area contributed by atoms with Crippen molar-refractivity contribution < 1.29 is 27.9 Å². The molecule has 1 spiro atoms.